The third kappa shape index (κ3) is 3.26. The van der Waals surface area contributed by atoms with Gasteiger partial charge in [0.2, 0.25) is 0 Å². The zero-order valence-electron chi connectivity index (χ0n) is 13.0. The van der Waals surface area contributed by atoms with Gasteiger partial charge in [0.1, 0.15) is 15.6 Å². The molecule has 6 heteroatoms. The fourth-order valence-electron chi connectivity index (χ4n) is 2.75. The van der Waals surface area contributed by atoms with E-state index in [-0.39, 0.29) is 5.97 Å². The molecule has 1 saturated heterocycles. The Bertz CT molecular complexity index is 501. The summed E-state index contributed by atoms with van der Waals surface area (Å²) in [6, 6.07) is 0. The van der Waals surface area contributed by atoms with Crippen molar-refractivity contribution in [1.29, 1.82) is 0 Å². The van der Waals surface area contributed by atoms with Crippen molar-refractivity contribution in [2.45, 2.75) is 33.1 Å². The number of ether oxygens (including phenoxy) is 2. The van der Waals surface area contributed by atoms with E-state index in [4.69, 9.17) is 15.2 Å². The van der Waals surface area contributed by atoms with Crippen LogP contribution in [0.3, 0.4) is 0 Å². The molecule has 2 heterocycles. The quantitative estimate of drug-likeness (QED) is 0.846. The molecule has 118 valence electrons. The molecule has 0 bridgehead atoms. The predicted molar refractivity (Wildman–Crippen MR) is 86.5 cm³/mol. The fourth-order valence-corrected chi connectivity index (χ4v) is 3.87. The molecule has 0 radical (unpaired) electrons. The number of thiophene rings is 1. The Balaban J connectivity index is 2.30. The van der Waals surface area contributed by atoms with Crippen LogP contribution in [0.4, 0.5) is 10.7 Å². The monoisotopic (exact) mass is 312 g/mol. The summed E-state index contributed by atoms with van der Waals surface area (Å²) in [5.41, 5.74) is 6.48. The molecule has 1 aromatic heterocycles. The highest BCUT2D eigenvalue weighted by Crippen LogP contribution is 2.46. The highest BCUT2D eigenvalue weighted by atomic mass is 32.1. The summed E-state index contributed by atoms with van der Waals surface area (Å²) in [6.07, 6.45) is 3.60. The van der Waals surface area contributed by atoms with Gasteiger partial charge in [-0.1, -0.05) is 13.3 Å². The van der Waals surface area contributed by atoms with Crippen LogP contribution in [0.2, 0.25) is 0 Å². The van der Waals surface area contributed by atoms with E-state index in [9.17, 15) is 4.79 Å². The number of nitrogen functional groups attached to an aromatic ring is 1. The molecule has 21 heavy (non-hydrogen) atoms. The molecule has 0 saturated carbocycles. The number of rotatable bonds is 5. The average Bonchev–Trinajstić information content (AvgIpc) is 2.84. The minimum Gasteiger partial charge on any atom is -0.492 e. The maximum absolute atomic E-state index is 12.0. The van der Waals surface area contributed by atoms with Gasteiger partial charge in [-0.25, -0.2) is 4.79 Å². The van der Waals surface area contributed by atoms with Crippen LogP contribution in [0.15, 0.2) is 0 Å². The summed E-state index contributed by atoms with van der Waals surface area (Å²) >= 11 is 1.38. The van der Waals surface area contributed by atoms with Crippen LogP contribution in [-0.4, -0.2) is 32.8 Å². The lowest BCUT2D eigenvalue weighted by Gasteiger charge is -2.33. The number of piperidine rings is 1. The number of methoxy groups -OCH3 is 1. The molecule has 1 aliphatic heterocycles. The van der Waals surface area contributed by atoms with E-state index in [2.05, 4.69) is 11.8 Å². The molecular formula is C15H24N2O3S. The van der Waals surface area contributed by atoms with Gasteiger partial charge in [0.25, 0.3) is 0 Å². The number of hydrogen-bond donors (Lipinski definition) is 1. The van der Waals surface area contributed by atoms with E-state index in [1.807, 2.05) is 0 Å². The first kappa shape index (κ1) is 15.9. The van der Waals surface area contributed by atoms with Crippen LogP contribution in [0.1, 0.15) is 42.8 Å². The van der Waals surface area contributed by atoms with Crippen LogP contribution in [0.25, 0.3) is 0 Å². The minimum absolute atomic E-state index is 0.343. The Kier molecular flexibility index (Phi) is 5.33. The first-order valence-electron chi connectivity index (χ1n) is 7.50. The standard InChI is InChI=1S/C15H24N2O3S/c1-4-10-7-6-8-17(9-10)14-12(19-3)11(16)13(21-14)15(18)20-5-2/h10H,4-9,16H2,1-3H3. The smallest absolute Gasteiger partial charge is 0.350 e. The number of carbonyl (C=O) groups excluding carboxylic acids is 1. The van der Waals surface area contributed by atoms with E-state index in [0.29, 0.717) is 28.8 Å². The van der Waals surface area contributed by atoms with Gasteiger partial charge >= 0.3 is 5.97 Å². The van der Waals surface area contributed by atoms with Gasteiger partial charge in [-0.15, -0.1) is 11.3 Å². The maximum atomic E-state index is 12.0. The van der Waals surface area contributed by atoms with E-state index >= 15 is 0 Å². The van der Waals surface area contributed by atoms with Gasteiger partial charge in [-0.05, 0) is 25.7 Å². The normalized spacial score (nSPS) is 18.6. The molecule has 2 rings (SSSR count). The summed E-state index contributed by atoms with van der Waals surface area (Å²) < 4.78 is 10.5. The van der Waals surface area contributed by atoms with Crippen molar-refractivity contribution >= 4 is 28.0 Å². The zero-order valence-corrected chi connectivity index (χ0v) is 13.8. The maximum Gasteiger partial charge on any atom is 0.350 e. The van der Waals surface area contributed by atoms with Crippen LogP contribution in [-0.2, 0) is 4.74 Å². The topological polar surface area (TPSA) is 64.8 Å². The number of nitrogens with two attached hydrogens (primary N) is 1. The molecule has 1 aliphatic rings. The molecule has 0 aromatic carbocycles. The first-order valence-corrected chi connectivity index (χ1v) is 8.32. The zero-order chi connectivity index (χ0) is 15.4. The van der Waals surface area contributed by atoms with Gasteiger partial charge in [-0.3, -0.25) is 0 Å². The van der Waals surface area contributed by atoms with Gasteiger partial charge in [-0.2, -0.15) is 0 Å². The second-order valence-electron chi connectivity index (χ2n) is 5.27. The molecule has 1 atom stereocenters. The summed E-state index contributed by atoms with van der Waals surface area (Å²) in [4.78, 5) is 14.7. The summed E-state index contributed by atoms with van der Waals surface area (Å²) in [6.45, 7) is 6.33. The number of anilines is 2. The average molecular weight is 312 g/mol. The Morgan fingerprint density at radius 1 is 1.48 bits per heavy atom. The van der Waals surface area contributed by atoms with E-state index < -0.39 is 0 Å². The number of carbonyl (C=O) groups is 1. The minimum atomic E-state index is -0.367. The van der Waals surface area contributed by atoms with Gasteiger partial charge < -0.3 is 20.1 Å². The largest absolute Gasteiger partial charge is 0.492 e. The van der Waals surface area contributed by atoms with Crippen molar-refractivity contribution in [3.63, 3.8) is 0 Å². The molecule has 0 amide bonds. The summed E-state index contributed by atoms with van der Waals surface area (Å²) in [7, 11) is 1.60. The Labute approximate surface area is 130 Å². The highest BCUT2D eigenvalue weighted by molar-refractivity contribution is 7.19. The van der Waals surface area contributed by atoms with E-state index in [1.54, 1.807) is 14.0 Å². The Morgan fingerprint density at radius 2 is 2.24 bits per heavy atom. The SMILES string of the molecule is CCOC(=O)c1sc(N2CCCC(CC)C2)c(OC)c1N. The number of nitrogens with zero attached hydrogens (tertiary/aromatic N) is 1. The third-order valence-corrected chi connectivity index (χ3v) is 5.16. The number of hydrogen-bond acceptors (Lipinski definition) is 6. The molecule has 2 N–H and O–H groups in total. The lowest BCUT2D eigenvalue weighted by molar-refractivity contribution is 0.0533. The van der Waals surface area contributed by atoms with Crippen molar-refractivity contribution in [2.24, 2.45) is 5.92 Å². The first-order chi connectivity index (χ1) is 10.1. The second kappa shape index (κ2) is 7.02. The molecular weight excluding hydrogens is 288 g/mol. The van der Waals surface area contributed by atoms with Gasteiger partial charge in [0.05, 0.1) is 13.7 Å². The molecule has 0 spiro atoms. The second-order valence-corrected chi connectivity index (χ2v) is 6.27. The lowest BCUT2D eigenvalue weighted by Crippen LogP contribution is -2.34. The van der Waals surface area contributed by atoms with Crippen molar-refractivity contribution < 1.29 is 14.3 Å². The molecule has 1 aromatic rings. The molecule has 1 unspecified atom stereocenters. The van der Waals surface area contributed by atoms with E-state index in [0.717, 1.165) is 24.5 Å². The third-order valence-electron chi connectivity index (χ3n) is 3.93. The van der Waals surface area contributed by atoms with Crippen molar-refractivity contribution in [2.75, 3.05) is 37.4 Å². The Hall–Kier alpha value is -1.43. The Morgan fingerprint density at radius 3 is 2.86 bits per heavy atom. The van der Waals surface area contributed by atoms with Crippen LogP contribution in [0.5, 0.6) is 5.75 Å². The molecule has 0 aliphatic carbocycles. The molecule has 5 nitrogen and oxygen atoms in total. The lowest BCUT2D eigenvalue weighted by atomic mass is 9.96. The highest BCUT2D eigenvalue weighted by Gasteiger charge is 2.28. The van der Waals surface area contributed by atoms with Crippen LogP contribution < -0.4 is 15.4 Å². The van der Waals surface area contributed by atoms with Gasteiger partial charge in [0, 0.05) is 13.1 Å². The summed E-state index contributed by atoms with van der Waals surface area (Å²) in [5, 5.41) is 0.955. The fraction of sp³-hybridized carbons (Fsp3) is 0.667. The van der Waals surface area contributed by atoms with Crippen molar-refractivity contribution in [1.82, 2.24) is 0 Å². The van der Waals surface area contributed by atoms with Crippen LogP contribution in [0, 0.1) is 5.92 Å². The van der Waals surface area contributed by atoms with Crippen molar-refractivity contribution in [3.05, 3.63) is 4.88 Å². The number of esters is 1. The van der Waals surface area contributed by atoms with Crippen molar-refractivity contribution in [3.8, 4) is 5.75 Å². The van der Waals surface area contributed by atoms with Crippen LogP contribution >= 0.6 is 11.3 Å². The van der Waals surface area contributed by atoms with E-state index in [1.165, 1.54) is 24.2 Å². The van der Waals surface area contributed by atoms with Gasteiger partial charge in [0.15, 0.2) is 5.75 Å². The molecule has 1 fully saturated rings. The summed E-state index contributed by atoms with van der Waals surface area (Å²) in [5.74, 6) is 0.936. The predicted octanol–water partition coefficient (Wildman–Crippen LogP) is 3.14.